The van der Waals surface area contributed by atoms with Gasteiger partial charge in [-0.2, -0.15) is 0 Å². The first-order valence-electron chi connectivity index (χ1n) is 8.91. The fourth-order valence-electron chi connectivity index (χ4n) is 3.63. The maximum absolute atomic E-state index is 12.6. The SMILES string of the molecule is CCn1ccnc1CN1CC[C@]1(CCCc1cnccn1)C(=O)NC. The molecule has 7 nitrogen and oxygen atoms in total. The Bertz CT molecular complexity index is 701. The molecule has 0 aromatic carbocycles. The maximum atomic E-state index is 12.6. The number of carbonyl (C=O) groups is 1. The molecule has 1 aliphatic rings. The number of carbonyl (C=O) groups excluding carboxylic acids is 1. The van der Waals surface area contributed by atoms with Crippen LogP contribution in [0, 0.1) is 0 Å². The van der Waals surface area contributed by atoms with E-state index in [-0.39, 0.29) is 5.91 Å². The number of hydrogen-bond acceptors (Lipinski definition) is 5. The lowest BCUT2D eigenvalue weighted by Gasteiger charge is -2.51. The van der Waals surface area contributed by atoms with E-state index in [4.69, 9.17) is 0 Å². The van der Waals surface area contributed by atoms with Crippen LogP contribution in [0.25, 0.3) is 0 Å². The van der Waals surface area contributed by atoms with Crippen LogP contribution in [0.2, 0.25) is 0 Å². The van der Waals surface area contributed by atoms with Crippen LogP contribution in [0.1, 0.15) is 37.7 Å². The fraction of sp³-hybridized carbons (Fsp3) is 0.556. The monoisotopic (exact) mass is 342 g/mol. The summed E-state index contributed by atoms with van der Waals surface area (Å²) in [6.45, 7) is 4.63. The van der Waals surface area contributed by atoms with E-state index in [9.17, 15) is 4.79 Å². The molecule has 0 saturated carbocycles. The number of likely N-dealkylation sites (N-methyl/N-ethyl adjacent to an activating group) is 1. The molecule has 2 aromatic heterocycles. The minimum atomic E-state index is -0.429. The van der Waals surface area contributed by atoms with E-state index in [1.54, 1.807) is 25.6 Å². The lowest BCUT2D eigenvalue weighted by molar-refractivity contribution is -0.144. The standard InChI is InChI=1S/C18H26N6O/c1-3-23-12-10-22-16(23)14-24-11-7-18(24,17(25)19-2)6-4-5-15-13-20-8-9-21-15/h8-10,12-13H,3-7,11,14H2,1-2H3,(H,19,25)/t18-/m1/s1. The molecule has 7 heteroatoms. The van der Waals surface area contributed by atoms with E-state index in [0.29, 0.717) is 6.54 Å². The van der Waals surface area contributed by atoms with Gasteiger partial charge in [-0.25, -0.2) is 4.98 Å². The Morgan fingerprint density at radius 3 is 2.84 bits per heavy atom. The van der Waals surface area contributed by atoms with E-state index in [0.717, 1.165) is 50.3 Å². The van der Waals surface area contributed by atoms with Crippen molar-refractivity contribution in [2.24, 2.45) is 0 Å². The Kier molecular flexibility index (Phi) is 5.43. The third kappa shape index (κ3) is 3.56. The maximum Gasteiger partial charge on any atom is 0.240 e. The Morgan fingerprint density at radius 2 is 2.20 bits per heavy atom. The average molecular weight is 342 g/mol. The number of amides is 1. The summed E-state index contributed by atoms with van der Waals surface area (Å²) in [5, 5.41) is 2.86. The topological polar surface area (TPSA) is 75.9 Å². The highest BCUT2D eigenvalue weighted by Crippen LogP contribution is 2.37. The van der Waals surface area contributed by atoms with Gasteiger partial charge in [0.25, 0.3) is 0 Å². The predicted octanol–water partition coefficient (Wildman–Crippen LogP) is 1.41. The quantitative estimate of drug-likeness (QED) is 0.785. The van der Waals surface area contributed by atoms with Crippen molar-refractivity contribution in [3.05, 3.63) is 42.5 Å². The van der Waals surface area contributed by atoms with E-state index >= 15 is 0 Å². The summed E-state index contributed by atoms with van der Waals surface area (Å²) in [4.78, 5) is 27.8. The fourth-order valence-corrected chi connectivity index (χ4v) is 3.63. The first-order valence-corrected chi connectivity index (χ1v) is 8.91. The van der Waals surface area contributed by atoms with Crippen LogP contribution in [0.4, 0.5) is 0 Å². The van der Waals surface area contributed by atoms with Gasteiger partial charge in [0, 0.05) is 51.1 Å². The minimum absolute atomic E-state index is 0.104. The molecular weight excluding hydrogens is 316 g/mol. The van der Waals surface area contributed by atoms with Crippen LogP contribution in [0.15, 0.2) is 31.0 Å². The van der Waals surface area contributed by atoms with Crippen LogP contribution >= 0.6 is 0 Å². The van der Waals surface area contributed by atoms with E-state index < -0.39 is 5.54 Å². The second-order valence-corrected chi connectivity index (χ2v) is 6.46. The molecule has 134 valence electrons. The summed E-state index contributed by atoms with van der Waals surface area (Å²) >= 11 is 0. The molecule has 3 rings (SSSR count). The highest BCUT2D eigenvalue weighted by atomic mass is 16.2. The minimum Gasteiger partial charge on any atom is -0.358 e. The third-order valence-electron chi connectivity index (χ3n) is 5.16. The summed E-state index contributed by atoms with van der Waals surface area (Å²) in [7, 11) is 1.72. The molecule has 1 atom stereocenters. The number of nitrogens with zero attached hydrogens (tertiary/aromatic N) is 5. The molecule has 1 N–H and O–H groups in total. The van der Waals surface area contributed by atoms with Gasteiger partial charge < -0.3 is 9.88 Å². The van der Waals surface area contributed by atoms with Crippen LogP contribution in [0.3, 0.4) is 0 Å². The van der Waals surface area contributed by atoms with Gasteiger partial charge in [-0.15, -0.1) is 0 Å². The molecule has 0 spiro atoms. The Hall–Kier alpha value is -2.28. The van der Waals surface area contributed by atoms with Gasteiger partial charge in [0.05, 0.1) is 12.2 Å². The number of aromatic nitrogens is 4. The van der Waals surface area contributed by atoms with Gasteiger partial charge in [-0.3, -0.25) is 19.7 Å². The third-order valence-corrected chi connectivity index (χ3v) is 5.16. The van der Waals surface area contributed by atoms with Gasteiger partial charge in [-0.05, 0) is 32.6 Å². The zero-order valence-corrected chi connectivity index (χ0v) is 15.0. The zero-order valence-electron chi connectivity index (χ0n) is 15.0. The smallest absolute Gasteiger partial charge is 0.240 e. The van der Waals surface area contributed by atoms with Gasteiger partial charge in [0.1, 0.15) is 11.4 Å². The van der Waals surface area contributed by atoms with Gasteiger partial charge >= 0.3 is 0 Å². The second kappa shape index (κ2) is 7.74. The van der Waals surface area contributed by atoms with E-state index in [1.807, 2.05) is 12.4 Å². The summed E-state index contributed by atoms with van der Waals surface area (Å²) in [6, 6.07) is 0. The molecule has 0 bridgehead atoms. The van der Waals surface area contributed by atoms with Crippen LogP contribution in [0.5, 0.6) is 0 Å². The Labute approximate surface area is 148 Å². The molecular formula is C18H26N6O. The molecule has 1 amide bonds. The number of likely N-dealkylation sites (tertiary alicyclic amines) is 1. The summed E-state index contributed by atoms with van der Waals surface area (Å²) in [5.41, 5.74) is 0.545. The number of aryl methyl sites for hydroxylation is 2. The van der Waals surface area contributed by atoms with E-state index in [1.165, 1.54) is 0 Å². The Morgan fingerprint density at radius 1 is 1.32 bits per heavy atom. The van der Waals surface area contributed by atoms with Crippen LogP contribution in [-0.4, -0.2) is 49.5 Å². The molecule has 0 unspecified atom stereocenters. The second-order valence-electron chi connectivity index (χ2n) is 6.46. The van der Waals surface area contributed by atoms with Gasteiger partial charge in [0.2, 0.25) is 5.91 Å². The van der Waals surface area contributed by atoms with Crippen molar-refractivity contribution in [2.45, 2.75) is 51.2 Å². The van der Waals surface area contributed by atoms with Crippen molar-refractivity contribution < 1.29 is 4.79 Å². The summed E-state index contributed by atoms with van der Waals surface area (Å²) in [5.74, 6) is 1.12. The highest BCUT2D eigenvalue weighted by molar-refractivity contribution is 5.87. The molecule has 1 fully saturated rings. The lowest BCUT2D eigenvalue weighted by Crippen LogP contribution is -2.66. The number of hydrogen-bond donors (Lipinski definition) is 1. The average Bonchev–Trinajstić information content (AvgIpc) is 3.10. The van der Waals surface area contributed by atoms with Crippen molar-refractivity contribution in [3.63, 3.8) is 0 Å². The van der Waals surface area contributed by atoms with Crippen molar-refractivity contribution in [1.82, 2.24) is 29.7 Å². The zero-order chi connectivity index (χ0) is 17.7. The first kappa shape index (κ1) is 17.5. The predicted molar refractivity (Wildman–Crippen MR) is 94.7 cm³/mol. The normalized spacial score (nSPS) is 20.2. The van der Waals surface area contributed by atoms with E-state index in [2.05, 4.69) is 36.7 Å². The number of imidazole rings is 1. The summed E-state index contributed by atoms with van der Waals surface area (Å²) < 4.78 is 2.13. The van der Waals surface area contributed by atoms with Crippen LogP contribution < -0.4 is 5.32 Å². The highest BCUT2D eigenvalue weighted by Gasteiger charge is 2.50. The largest absolute Gasteiger partial charge is 0.358 e. The lowest BCUT2D eigenvalue weighted by atomic mass is 9.79. The molecule has 0 radical (unpaired) electrons. The van der Waals surface area contributed by atoms with Crippen molar-refractivity contribution >= 4 is 5.91 Å². The van der Waals surface area contributed by atoms with Crippen molar-refractivity contribution in [2.75, 3.05) is 13.6 Å². The van der Waals surface area contributed by atoms with Gasteiger partial charge in [-0.1, -0.05) is 0 Å². The number of nitrogens with one attached hydrogen (secondary N) is 1. The molecule has 1 saturated heterocycles. The molecule has 0 aliphatic carbocycles. The van der Waals surface area contributed by atoms with Gasteiger partial charge in [0.15, 0.2) is 0 Å². The summed E-state index contributed by atoms with van der Waals surface area (Å²) in [6.07, 6.45) is 12.5. The van der Waals surface area contributed by atoms with Crippen LogP contribution in [-0.2, 0) is 24.3 Å². The first-order chi connectivity index (χ1) is 12.2. The molecule has 25 heavy (non-hydrogen) atoms. The van der Waals surface area contributed by atoms with Crippen molar-refractivity contribution in [3.8, 4) is 0 Å². The molecule has 3 heterocycles. The number of rotatable bonds is 8. The Balaban J connectivity index is 1.67. The van der Waals surface area contributed by atoms with Crippen molar-refractivity contribution in [1.29, 1.82) is 0 Å². The molecule has 1 aliphatic heterocycles. The molecule has 2 aromatic rings.